The molecular weight excluding hydrogens is 248 g/mol. The highest BCUT2D eigenvalue weighted by Crippen LogP contribution is 2.23. The topological polar surface area (TPSA) is 41.6 Å². The molecule has 1 atom stereocenters. The van der Waals surface area contributed by atoms with Gasteiger partial charge in [-0.25, -0.2) is 0 Å². The zero-order valence-electron chi connectivity index (χ0n) is 11.2. The molecule has 0 aromatic carbocycles. The summed E-state index contributed by atoms with van der Waals surface area (Å²) in [5.41, 5.74) is 0. The van der Waals surface area contributed by atoms with Crippen molar-refractivity contribution in [3.8, 4) is 0 Å². The minimum Gasteiger partial charge on any atom is -0.383 e. The summed E-state index contributed by atoms with van der Waals surface area (Å²) in [6, 6.07) is 1.12. The van der Waals surface area contributed by atoms with Crippen molar-refractivity contribution < 1.29 is 9.53 Å². The molecular formula is C13H24N2O2S. The smallest absolute Gasteiger partial charge is 0.224 e. The molecule has 0 spiro atoms. The van der Waals surface area contributed by atoms with Gasteiger partial charge < -0.3 is 15.0 Å². The van der Waals surface area contributed by atoms with E-state index >= 15 is 0 Å². The van der Waals surface area contributed by atoms with Gasteiger partial charge in [-0.1, -0.05) is 0 Å². The molecule has 1 heterocycles. The number of ether oxygens (including phenoxy) is 1. The highest BCUT2D eigenvalue weighted by atomic mass is 32.2. The van der Waals surface area contributed by atoms with Crippen molar-refractivity contribution in [2.75, 3.05) is 38.3 Å². The molecule has 2 fully saturated rings. The Morgan fingerprint density at radius 2 is 2.28 bits per heavy atom. The van der Waals surface area contributed by atoms with Crippen LogP contribution in [0.15, 0.2) is 0 Å². The number of nitrogens with one attached hydrogen (secondary N) is 1. The molecule has 1 aliphatic carbocycles. The summed E-state index contributed by atoms with van der Waals surface area (Å²) in [4.78, 5) is 14.3. The van der Waals surface area contributed by atoms with E-state index in [0.717, 1.165) is 25.3 Å². The zero-order chi connectivity index (χ0) is 12.8. The lowest BCUT2D eigenvalue weighted by molar-refractivity contribution is -0.133. The van der Waals surface area contributed by atoms with Gasteiger partial charge in [-0.3, -0.25) is 4.79 Å². The molecule has 18 heavy (non-hydrogen) atoms. The summed E-state index contributed by atoms with van der Waals surface area (Å²) < 4.78 is 5.12. The molecule has 0 bridgehead atoms. The van der Waals surface area contributed by atoms with E-state index in [2.05, 4.69) is 5.32 Å². The van der Waals surface area contributed by atoms with Crippen LogP contribution in [0.4, 0.5) is 0 Å². The third kappa shape index (κ3) is 4.44. The first kappa shape index (κ1) is 14.2. The third-order valence-electron chi connectivity index (χ3n) is 3.55. The van der Waals surface area contributed by atoms with Crippen LogP contribution in [0.3, 0.4) is 0 Å². The maximum Gasteiger partial charge on any atom is 0.224 e. The first-order chi connectivity index (χ1) is 8.81. The van der Waals surface area contributed by atoms with E-state index in [1.807, 2.05) is 16.7 Å². The van der Waals surface area contributed by atoms with Crippen molar-refractivity contribution in [3.05, 3.63) is 0 Å². The summed E-state index contributed by atoms with van der Waals surface area (Å²) in [6.07, 6.45) is 4.32. The molecule has 1 aliphatic heterocycles. The fourth-order valence-corrected chi connectivity index (χ4v) is 3.51. The standard InChI is InChI=1S/C13H24N2O2S/c1-17-8-7-15(12-5-9-18-10-12)13(16)4-6-14-11-2-3-11/h11-12,14H,2-10H2,1H3. The van der Waals surface area contributed by atoms with E-state index < -0.39 is 0 Å². The Labute approximate surface area is 114 Å². The molecule has 0 aromatic heterocycles. The monoisotopic (exact) mass is 272 g/mol. The van der Waals surface area contributed by atoms with Crippen molar-refractivity contribution in [2.24, 2.45) is 0 Å². The number of methoxy groups -OCH3 is 1. The first-order valence-corrected chi connectivity index (χ1v) is 8.06. The van der Waals surface area contributed by atoms with E-state index in [-0.39, 0.29) is 5.91 Å². The van der Waals surface area contributed by atoms with Gasteiger partial charge >= 0.3 is 0 Å². The predicted octanol–water partition coefficient (Wildman–Crippen LogP) is 1.11. The number of thioether (sulfide) groups is 1. The van der Waals surface area contributed by atoms with Crippen molar-refractivity contribution in [1.29, 1.82) is 0 Å². The highest BCUT2D eigenvalue weighted by Gasteiger charge is 2.27. The van der Waals surface area contributed by atoms with Gasteiger partial charge in [0.15, 0.2) is 0 Å². The number of hydrogen-bond donors (Lipinski definition) is 1. The summed E-state index contributed by atoms with van der Waals surface area (Å²) in [7, 11) is 1.70. The summed E-state index contributed by atoms with van der Waals surface area (Å²) in [5, 5.41) is 3.41. The normalized spacial score (nSPS) is 23.3. The summed E-state index contributed by atoms with van der Waals surface area (Å²) in [6.45, 7) is 2.21. The van der Waals surface area contributed by atoms with E-state index in [1.165, 1.54) is 18.6 Å². The van der Waals surface area contributed by atoms with Gasteiger partial charge in [-0.15, -0.1) is 0 Å². The van der Waals surface area contributed by atoms with Gasteiger partial charge in [0.25, 0.3) is 0 Å². The van der Waals surface area contributed by atoms with Gasteiger partial charge in [0.2, 0.25) is 5.91 Å². The van der Waals surface area contributed by atoms with Gasteiger partial charge in [0.05, 0.1) is 6.61 Å². The van der Waals surface area contributed by atoms with E-state index in [9.17, 15) is 4.79 Å². The molecule has 2 rings (SSSR count). The SMILES string of the molecule is COCCN(C(=O)CCNC1CC1)C1CCSC1. The molecule has 1 N–H and O–H groups in total. The Morgan fingerprint density at radius 3 is 2.89 bits per heavy atom. The van der Waals surface area contributed by atoms with Crippen LogP contribution in [0, 0.1) is 0 Å². The van der Waals surface area contributed by atoms with Crippen molar-refractivity contribution >= 4 is 17.7 Å². The molecule has 4 nitrogen and oxygen atoms in total. The average molecular weight is 272 g/mol. The minimum absolute atomic E-state index is 0.285. The molecule has 0 radical (unpaired) electrons. The second kappa shape index (κ2) is 7.36. The quantitative estimate of drug-likeness (QED) is 0.719. The molecule has 1 amide bonds. The molecule has 0 aromatic rings. The number of hydrogen-bond acceptors (Lipinski definition) is 4. The Hall–Kier alpha value is -0.260. The Bertz CT molecular complexity index is 266. The molecule has 2 aliphatic rings. The van der Waals surface area contributed by atoms with Crippen LogP contribution in [0.2, 0.25) is 0 Å². The van der Waals surface area contributed by atoms with Crippen LogP contribution >= 0.6 is 11.8 Å². The van der Waals surface area contributed by atoms with E-state index in [4.69, 9.17) is 4.74 Å². The zero-order valence-corrected chi connectivity index (χ0v) is 12.0. The number of carbonyl (C=O) groups excluding carboxylic acids is 1. The Balaban J connectivity index is 1.74. The van der Waals surface area contributed by atoms with Gasteiger partial charge in [-0.05, 0) is 25.0 Å². The second-order valence-electron chi connectivity index (χ2n) is 5.08. The fraction of sp³-hybridized carbons (Fsp3) is 0.923. The lowest BCUT2D eigenvalue weighted by atomic mass is 10.2. The lowest BCUT2D eigenvalue weighted by Gasteiger charge is -2.28. The van der Waals surface area contributed by atoms with E-state index in [0.29, 0.717) is 25.1 Å². The molecule has 1 unspecified atom stereocenters. The van der Waals surface area contributed by atoms with E-state index in [1.54, 1.807) is 7.11 Å². The third-order valence-corrected chi connectivity index (χ3v) is 4.70. The minimum atomic E-state index is 0.285. The molecule has 104 valence electrons. The van der Waals surface area contributed by atoms with Crippen LogP contribution in [-0.4, -0.2) is 61.2 Å². The van der Waals surface area contributed by atoms with Crippen LogP contribution in [-0.2, 0) is 9.53 Å². The molecule has 5 heteroatoms. The predicted molar refractivity (Wildman–Crippen MR) is 75.0 cm³/mol. The van der Waals surface area contributed by atoms with Crippen molar-refractivity contribution in [1.82, 2.24) is 10.2 Å². The Kier molecular flexibility index (Phi) is 5.79. The van der Waals surface area contributed by atoms with Gasteiger partial charge in [-0.2, -0.15) is 11.8 Å². The first-order valence-electron chi connectivity index (χ1n) is 6.91. The van der Waals surface area contributed by atoms with Crippen LogP contribution in [0.25, 0.3) is 0 Å². The number of rotatable bonds is 8. The van der Waals surface area contributed by atoms with Crippen molar-refractivity contribution in [2.45, 2.75) is 37.8 Å². The number of amides is 1. The second-order valence-corrected chi connectivity index (χ2v) is 6.23. The summed E-state index contributed by atoms with van der Waals surface area (Å²) >= 11 is 1.95. The average Bonchev–Trinajstić information content (AvgIpc) is 3.03. The van der Waals surface area contributed by atoms with Crippen molar-refractivity contribution in [3.63, 3.8) is 0 Å². The molecule has 1 saturated heterocycles. The number of carbonyl (C=O) groups is 1. The highest BCUT2D eigenvalue weighted by molar-refractivity contribution is 7.99. The number of nitrogens with zero attached hydrogens (tertiary/aromatic N) is 1. The molecule has 1 saturated carbocycles. The van der Waals surface area contributed by atoms with Gasteiger partial charge in [0, 0.05) is 44.5 Å². The van der Waals surface area contributed by atoms with Crippen LogP contribution in [0.5, 0.6) is 0 Å². The largest absolute Gasteiger partial charge is 0.383 e. The summed E-state index contributed by atoms with van der Waals surface area (Å²) in [5.74, 6) is 2.56. The van der Waals surface area contributed by atoms with Gasteiger partial charge in [0.1, 0.15) is 0 Å². The fourth-order valence-electron chi connectivity index (χ4n) is 2.28. The maximum atomic E-state index is 12.3. The Morgan fingerprint density at radius 1 is 1.44 bits per heavy atom. The maximum absolute atomic E-state index is 12.3. The lowest BCUT2D eigenvalue weighted by Crippen LogP contribution is -2.43. The van der Waals surface area contributed by atoms with Crippen LogP contribution < -0.4 is 5.32 Å². The van der Waals surface area contributed by atoms with Crippen LogP contribution in [0.1, 0.15) is 25.7 Å².